The quantitative estimate of drug-likeness (QED) is 0.729. The van der Waals surface area contributed by atoms with Gasteiger partial charge in [-0.1, -0.05) is 0 Å². The van der Waals surface area contributed by atoms with Crippen molar-refractivity contribution in [3.63, 3.8) is 0 Å². The third-order valence-corrected chi connectivity index (χ3v) is 1.88. The average Bonchev–Trinajstić information content (AvgIpc) is 2.73. The zero-order valence-electron chi connectivity index (χ0n) is 9.73. The van der Waals surface area contributed by atoms with Crippen LogP contribution in [0.3, 0.4) is 0 Å². The Balaban J connectivity index is 2.39. The summed E-state index contributed by atoms with van der Waals surface area (Å²) in [5.41, 5.74) is 0. The highest BCUT2D eigenvalue weighted by Crippen LogP contribution is 2.07. The fourth-order valence-electron chi connectivity index (χ4n) is 1.12. The lowest BCUT2D eigenvalue weighted by Gasteiger charge is -2.07. The lowest BCUT2D eigenvalue weighted by atomic mass is 10.4. The first-order valence-electron chi connectivity index (χ1n) is 5.23. The topological polar surface area (TPSA) is 88.8 Å². The summed E-state index contributed by atoms with van der Waals surface area (Å²) in [5.74, 6) is -1.93. The van der Waals surface area contributed by atoms with Gasteiger partial charge < -0.3 is 19.6 Å². The van der Waals surface area contributed by atoms with Gasteiger partial charge in [0, 0.05) is 6.54 Å². The Bertz CT molecular complexity index is 396. The number of hydrogen-bond donors (Lipinski definition) is 2. The summed E-state index contributed by atoms with van der Waals surface area (Å²) in [4.78, 5) is 22.0. The lowest BCUT2D eigenvalue weighted by molar-refractivity contribution is 0.0655. The van der Waals surface area contributed by atoms with Crippen molar-refractivity contribution in [2.45, 2.75) is 20.0 Å². The van der Waals surface area contributed by atoms with Crippen LogP contribution in [-0.2, 0) is 4.74 Å². The van der Waals surface area contributed by atoms with Gasteiger partial charge in [0.1, 0.15) is 0 Å². The first-order chi connectivity index (χ1) is 8.00. The molecule has 6 nitrogen and oxygen atoms in total. The highest BCUT2D eigenvalue weighted by molar-refractivity contribution is 5.93. The highest BCUT2D eigenvalue weighted by Gasteiger charge is 2.14. The van der Waals surface area contributed by atoms with Crippen LogP contribution in [0.25, 0.3) is 0 Å². The Labute approximate surface area is 98.6 Å². The van der Waals surface area contributed by atoms with E-state index in [-0.39, 0.29) is 17.6 Å². The van der Waals surface area contributed by atoms with Gasteiger partial charge in [-0.2, -0.15) is 0 Å². The largest absolute Gasteiger partial charge is 0.475 e. The van der Waals surface area contributed by atoms with Gasteiger partial charge >= 0.3 is 5.97 Å². The Morgan fingerprint density at radius 2 is 2.06 bits per heavy atom. The summed E-state index contributed by atoms with van der Waals surface area (Å²) in [5, 5.41) is 11.2. The molecule has 0 fully saturated rings. The molecule has 0 saturated heterocycles. The van der Waals surface area contributed by atoms with E-state index in [0.29, 0.717) is 13.2 Å². The zero-order chi connectivity index (χ0) is 12.8. The minimum Gasteiger partial charge on any atom is -0.475 e. The predicted octanol–water partition coefficient (Wildman–Crippen LogP) is 1.13. The van der Waals surface area contributed by atoms with E-state index in [9.17, 15) is 9.59 Å². The van der Waals surface area contributed by atoms with Crippen LogP contribution in [0.5, 0.6) is 0 Å². The molecule has 0 spiro atoms. The van der Waals surface area contributed by atoms with E-state index in [1.54, 1.807) is 0 Å². The molecule has 0 bridgehead atoms. The summed E-state index contributed by atoms with van der Waals surface area (Å²) in [6, 6.07) is 2.56. The molecule has 94 valence electrons. The van der Waals surface area contributed by atoms with Crippen LogP contribution in [0.2, 0.25) is 0 Å². The Morgan fingerprint density at radius 1 is 1.41 bits per heavy atom. The van der Waals surface area contributed by atoms with Crippen LogP contribution >= 0.6 is 0 Å². The minimum atomic E-state index is -1.20. The number of aromatic carboxylic acids is 1. The molecule has 0 saturated carbocycles. The monoisotopic (exact) mass is 241 g/mol. The summed E-state index contributed by atoms with van der Waals surface area (Å²) in [6.07, 6.45) is 0.106. The van der Waals surface area contributed by atoms with Gasteiger partial charge in [0.15, 0.2) is 5.76 Å². The second-order valence-electron chi connectivity index (χ2n) is 3.64. The number of carboxylic acids is 1. The summed E-state index contributed by atoms with van der Waals surface area (Å²) in [6.45, 7) is 4.54. The van der Waals surface area contributed by atoms with Gasteiger partial charge in [-0.3, -0.25) is 4.79 Å². The van der Waals surface area contributed by atoms with Crippen LogP contribution in [0.1, 0.15) is 35.0 Å². The van der Waals surface area contributed by atoms with E-state index < -0.39 is 11.9 Å². The Hall–Kier alpha value is -1.82. The van der Waals surface area contributed by atoms with Gasteiger partial charge in [0.2, 0.25) is 5.76 Å². The first kappa shape index (κ1) is 13.2. The van der Waals surface area contributed by atoms with Gasteiger partial charge in [-0.05, 0) is 26.0 Å². The van der Waals surface area contributed by atoms with Crippen LogP contribution in [-0.4, -0.2) is 36.2 Å². The van der Waals surface area contributed by atoms with Crippen molar-refractivity contribution in [2.75, 3.05) is 13.2 Å². The van der Waals surface area contributed by atoms with Crippen molar-refractivity contribution >= 4 is 11.9 Å². The molecule has 0 aliphatic heterocycles. The molecule has 1 rings (SSSR count). The third kappa shape index (κ3) is 4.28. The average molecular weight is 241 g/mol. The molecule has 0 aliphatic rings. The number of carbonyl (C=O) groups is 2. The summed E-state index contributed by atoms with van der Waals surface area (Å²) in [7, 11) is 0. The summed E-state index contributed by atoms with van der Waals surface area (Å²) >= 11 is 0. The lowest BCUT2D eigenvalue weighted by Crippen LogP contribution is -2.27. The van der Waals surface area contributed by atoms with Crippen molar-refractivity contribution in [2.24, 2.45) is 0 Å². The maximum atomic E-state index is 11.5. The van der Waals surface area contributed by atoms with E-state index in [2.05, 4.69) is 5.32 Å². The molecule has 17 heavy (non-hydrogen) atoms. The van der Waals surface area contributed by atoms with Gasteiger partial charge in [0.25, 0.3) is 5.91 Å². The fraction of sp³-hybridized carbons (Fsp3) is 0.455. The number of nitrogens with one attached hydrogen (secondary N) is 1. The van der Waals surface area contributed by atoms with Crippen LogP contribution in [0, 0.1) is 0 Å². The molecule has 1 aromatic heterocycles. The number of rotatable bonds is 6. The normalized spacial score (nSPS) is 10.5. The van der Waals surface area contributed by atoms with Crippen LogP contribution in [0.4, 0.5) is 0 Å². The number of carboxylic acid groups (broad SMARTS) is 1. The van der Waals surface area contributed by atoms with E-state index in [1.807, 2.05) is 13.8 Å². The third-order valence-electron chi connectivity index (χ3n) is 1.88. The Kier molecular flexibility index (Phi) is 4.71. The van der Waals surface area contributed by atoms with Crippen molar-refractivity contribution < 1.29 is 23.8 Å². The minimum absolute atomic E-state index is 0.0213. The van der Waals surface area contributed by atoms with E-state index in [0.717, 1.165) is 0 Å². The molecule has 0 aliphatic carbocycles. The van der Waals surface area contributed by atoms with E-state index >= 15 is 0 Å². The first-order valence-corrected chi connectivity index (χ1v) is 5.23. The maximum Gasteiger partial charge on any atom is 0.371 e. The van der Waals surface area contributed by atoms with Crippen LogP contribution < -0.4 is 5.32 Å². The standard InChI is InChI=1S/C11H15NO5/c1-7(2)16-6-5-12-10(13)8-3-4-9(17-8)11(14)15/h3-4,7H,5-6H2,1-2H3,(H,12,13)(H,14,15). The van der Waals surface area contributed by atoms with E-state index in [1.165, 1.54) is 12.1 Å². The molecular weight excluding hydrogens is 226 g/mol. The summed E-state index contributed by atoms with van der Waals surface area (Å²) < 4.78 is 10.1. The molecule has 0 radical (unpaired) electrons. The maximum absolute atomic E-state index is 11.5. The van der Waals surface area contributed by atoms with Crippen molar-refractivity contribution in [3.05, 3.63) is 23.7 Å². The smallest absolute Gasteiger partial charge is 0.371 e. The van der Waals surface area contributed by atoms with Crippen molar-refractivity contribution in [3.8, 4) is 0 Å². The molecule has 0 atom stereocenters. The number of hydrogen-bond acceptors (Lipinski definition) is 4. The number of furan rings is 1. The number of ether oxygens (including phenoxy) is 1. The molecule has 1 heterocycles. The predicted molar refractivity (Wildman–Crippen MR) is 59.1 cm³/mol. The molecule has 0 aromatic carbocycles. The van der Waals surface area contributed by atoms with E-state index in [4.69, 9.17) is 14.3 Å². The van der Waals surface area contributed by atoms with Crippen molar-refractivity contribution in [1.82, 2.24) is 5.32 Å². The molecule has 0 unspecified atom stereocenters. The van der Waals surface area contributed by atoms with Crippen LogP contribution in [0.15, 0.2) is 16.5 Å². The molecule has 2 N–H and O–H groups in total. The van der Waals surface area contributed by atoms with Gasteiger partial charge in [0.05, 0.1) is 12.7 Å². The number of carbonyl (C=O) groups excluding carboxylic acids is 1. The molecule has 1 aromatic rings. The SMILES string of the molecule is CC(C)OCCNC(=O)c1ccc(C(=O)O)o1. The van der Waals surface area contributed by atoms with Crippen molar-refractivity contribution in [1.29, 1.82) is 0 Å². The second kappa shape index (κ2) is 6.05. The number of amides is 1. The molecular formula is C11H15NO5. The van der Waals surface area contributed by atoms with Gasteiger partial charge in [-0.15, -0.1) is 0 Å². The molecule has 6 heteroatoms. The zero-order valence-corrected chi connectivity index (χ0v) is 9.73. The highest BCUT2D eigenvalue weighted by atomic mass is 16.5. The fourth-order valence-corrected chi connectivity index (χ4v) is 1.12. The van der Waals surface area contributed by atoms with Gasteiger partial charge in [-0.25, -0.2) is 4.79 Å². The molecule has 1 amide bonds. The Morgan fingerprint density at radius 3 is 2.59 bits per heavy atom. The second-order valence-corrected chi connectivity index (χ2v) is 3.64.